The third kappa shape index (κ3) is 5.46. The number of hydrogen-bond donors (Lipinski definition) is 1. The first-order valence-electron chi connectivity index (χ1n) is 6.25. The molecule has 0 aliphatic carbocycles. The van der Waals surface area contributed by atoms with Crippen LogP contribution in [0.25, 0.3) is 0 Å². The van der Waals surface area contributed by atoms with Crippen LogP contribution < -0.4 is 0 Å². The van der Waals surface area contributed by atoms with Crippen molar-refractivity contribution in [3.63, 3.8) is 0 Å². The average molecular weight is 258 g/mol. The molecule has 1 atom stereocenters. The number of carboxylic acid groups (broad SMARTS) is 1. The van der Waals surface area contributed by atoms with E-state index in [9.17, 15) is 9.59 Å². The average Bonchev–Trinajstić information content (AvgIpc) is 2.76. The fourth-order valence-corrected chi connectivity index (χ4v) is 1.91. The monoisotopic (exact) mass is 258 g/mol. The summed E-state index contributed by atoms with van der Waals surface area (Å²) in [7, 11) is 3.78. The van der Waals surface area contributed by atoms with Gasteiger partial charge in [0.25, 0.3) is 0 Å². The Morgan fingerprint density at radius 2 is 2.06 bits per heavy atom. The van der Waals surface area contributed by atoms with E-state index in [1.165, 1.54) is 4.90 Å². The van der Waals surface area contributed by atoms with Gasteiger partial charge in [0.1, 0.15) is 6.54 Å². The molecule has 6 nitrogen and oxygen atoms in total. The number of nitrogens with zero attached hydrogens (tertiary/aromatic N) is 2. The summed E-state index contributed by atoms with van der Waals surface area (Å²) in [5, 5.41) is 8.82. The summed E-state index contributed by atoms with van der Waals surface area (Å²) in [4.78, 5) is 26.1. The van der Waals surface area contributed by atoms with Crippen LogP contribution in [0.4, 0.5) is 0 Å². The quantitative estimate of drug-likeness (QED) is 0.697. The predicted molar refractivity (Wildman–Crippen MR) is 66.4 cm³/mol. The smallest absolute Gasteiger partial charge is 0.323 e. The summed E-state index contributed by atoms with van der Waals surface area (Å²) in [6.45, 7) is 1.56. The van der Waals surface area contributed by atoms with E-state index < -0.39 is 5.97 Å². The lowest BCUT2D eigenvalue weighted by Gasteiger charge is -2.23. The van der Waals surface area contributed by atoms with E-state index in [1.807, 2.05) is 19.0 Å². The van der Waals surface area contributed by atoms with Gasteiger partial charge in [0.15, 0.2) is 0 Å². The third-order valence-corrected chi connectivity index (χ3v) is 2.92. The normalized spacial score (nSPS) is 19.2. The van der Waals surface area contributed by atoms with Crippen molar-refractivity contribution in [1.82, 2.24) is 9.80 Å². The van der Waals surface area contributed by atoms with Crippen LogP contribution >= 0.6 is 0 Å². The number of aliphatic carboxylic acids is 1. The number of carbonyl (C=O) groups excluding carboxylic acids is 1. The van der Waals surface area contributed by atoms with Gasteiger partial charge in [0.05, 0.1) is 12.5 Å². The standard InChI is InChI=1S/C12H22N2O4/c1-13(2)5-6-14(9-12(16)17)11(15)8-10-4-3-7-18-10/h10H,3-9H2,1-2H3,(H,16,17). The van der Waals surface area contributed by atoms with Gasteiger partial charge in [-0.15, -0.1) is 0 Å². The molecule has 1 rings (SSSR count). The van der Waals surface area contributed by atoms with Crippen LogP contribution in [0.3, 0.4) is 0 Å². The Kier molecular flexibility index (Phi) is 6.07. The summed E-state index contributed by atoms with van der Waals surface area (Å²) in [5.41, 5.74) is 0. The van der Waals surface area contributed by atoms with Crippen LogP contribution in [0.1, 0.15) is 19.3 Å². The summed E-state index contributed by atoms with van der Waals surface area (Å²) in [6.07, 6.45) is 2.13. The van der Waals surface area contributed by atoms with E-state index in [1.54, 1.807) is 0 Å². The molecule has 0 saturated carbocycles. The zero-order valence-corrected chi connectivity index (χ0v) is 11.1. The highest BCUT2D eigenvalue weighted by atomic mass is 16.5. The molecule has 0 spiro atoms. The van der Waals surface area contributed by atoms with Gasteiger partial charge in [-0.05, 0) is 26.9 Å². The van der Waals surface area contributed by atoms with E-state index in [0.29, 0.717) is 26.1 Å². The Morgan fingerprint density at radius 3 is 2.56 bits per heavy atom. The summed E-state index contributed by atoms with van der Waals surface area (Å²) >= 11 is 0. The molecule has 1 N–H and O–H groups in total. The first-order chi connectivity index (χ1) is 8.49. The van der Waals surface area contributed by atoms with Crippen molar-refractivity contribution in [3.8, 4) is 0 Å². The lowest BCUT2D eigenvalue weighted by atomic mass is 10.1. The molecule has 0 aromatic carbocycles. The largest absolute Gasteiger partial charge is 0.480 e. The number of likely N-dealkylation sites (N-methyl/N-ethyl adjacent to an activating group) is 1. The Bertz CT molecular complexity index is 288. The van der Waals surface area contributed by atoms with Crippen LogP contribution in [0.2, 0.25) is 0 Å². The van der Waals surface area contributed by atoms with Gasteiger partial charge in [0.2, 0.25) is 5.91 Å². The molecule has 18 heavy (non-hydrogen) atoms. The molecule has 0 aromatic heterocycles. The highest BCUT2D eigenvalue weighted by Gasteiger charge is 2.23. The van der Waals surface area contributed by atoms with Gasteiger partial charge in [0, 0.05) is 19.7 Å². The second-order valence-corrected chi connectivity index (χ2v) is 4.85. The van der Waals surface area contributed by atoms with E-state index in [0.717, 1.165) is 12.8 Å². The Balaban J connectivity index is 2.45. The molecular formula is C12H22N2O4. The molecule has 0 radical (unpaired) electrons. The van der Waals surface area contributed by atoms with Crippen LogP contribution in [0.5, 0.6) is 0 Å². The van der Waals surface area contributed by atoms with Crippen molar-refractivity contribution in [3.05, 3.63) is 0 Å². The maximum absolute atomic E-state index is 12.0. The number of amides is 1. The van der Waals surface area contributed by atoms with Gasteiger partial charge < -0.3 is 19.6 Å². The maximum atomic E-state index is 12.0. The second-order valence-electron chi connectivity index (χ2n) is 4.85. The predicted octanol–water partition coefficient (Wildman–Crippen LogP) is 0.0303. The van der Waals surface area contributed by atoms with Crippen LogP contribution in [0, 0.1) is 0 Å². The van der Waals surface area contributed by atoms with Crippen molar-refractivity contribution in [2.24, 2.45) is 0 Å². The summed E-state index contributed by atoms with van der Waals surface area (Å²) in [5.74, 6) is -1.11. The highest BCUT2D eigenvalue weighted by Crippen LogP contribution is 2.16. The first kappa shape index (κ1) is 14.9. The molecule has 0 bridgehead atoms. The molecule has 1 saturated heterocycles. The second kappa shape index (κ2) is 7.33. The molecule has 1 heterocycles. The minimum Gasteiger partial charge on any atom is -0.480 e. The lowest BCUT2D eigenvalue weighted by Crippen LogP contribution is -2.41. The van der Waals surface area contributed by atoms with Gasteiger partial charge in [-0.1, -0.05) is 0 Å². The van der Waals surface area contributed by atoms with Crippen LogP contribution in [-0.4, -0.2) is 73.2 Å². The molecule has 0 aromatic rings. The van der Waals surface area contributed by atoms with Gasteiger partial charge >= 0.3 is 5.97 Å². The van der Waals surface area contributed by atoms with Crippen molar-refractivity contribution >= 4 is 11.9 Å². The van der Waals surface area contributed by atoms with E-state index in [-0.39, 0.29) is 18.6 Å². The molecule has 1 aliphatic rings. The van der Waals surface area contributed by atoms with Crippen LogP contribution in [-0.2, 0) is 14.3 Å². The summed E-state index contributed by atoms with van der Waals surface area (Å²) < 4.78 is 5.40. The lowest BCUT2D eigenvalue weighted by molar-refractivity contribution is -0.145. The van der Waals surface area contributed by atoms with Gasteiger partial charge in [-0.25, -0.2) is 0 Å². The number of carbonyl (C=O) groups is 2. The highest BCUT2D eigenvalue weighted by molar-refractivity contribution is 5.81. The molecule has 104 valence electrons. The van der Waals surface area contributed by atoms with E-state index >= 15 is 0 Å². The molecular weight excluding hydrogens is 236 g/mol. The number of hydrogen-bond acceptors (Lipinski definition) is 4. The van der Waals surface area contributed by atoms with E-state index in [2.05, 4.69) is 0 Å². The van der Waals surface area contributed by atoms with Gasteiger partial charge in [-0.3, -0.25) is 9.59 Å². The molecule has 1 fully saturated rings. The van der Waals surface area contributed by atoms with E-state index in [4.69, 9.17) is 9.84 Å². The summed E-state index contributed by atoms with van der Waals surface area (Å²) in [6, 6.07) is 0. The molecule has 6 heteroatoms. The minimum absolute atomic E-state index is 0.0341. The van der Waals surface area contributed by atoms with Gasteiger partial charge in [-0.2, -0.15) is 0 Å². The topological polar surface area (TPSA) is 70.1 Å². The fraction of sp³-hybridized carbons (Fsp3) is 0.833. The van der Waals surface area contributed by atoms with Crippen molar-refractivity contribution < 1.29 is 19.4 Å². The molecule has 1 amide bonds. The van der Waals surface area contributed by atoms with Crippen molar-refractivity contribution in [1.29, 1.82) is 0 Å². The minimum atomic E-state index is -0.977. The first-order valence-corrected chi connectivity index (χ1v) is 6.25. The maximum Gasteiger partial charge on any atom is 0.323 e. The zero-order chi connectivity index (χ0) is 13.5. The Hall–Kier alpha value is -1.14. The van der Waals surface area contributed by atoms with Crippen molar-refractivity contribution in [2.75, 3.05) is 40.3 Å². The Morgan fingerprint density at radius 1 is 1.33 bits per heavy atom. The van der Waals surface area contributed by atoms with Crippen molar-refractivity contribution in [2.45, 2.75) is 25.4 Å². The molecule has 1 unspecified atom stereocenters. The third-order valence-electron chi connectivity index (χ3n) is 2.92. The number of carboxylic acids is 1. The Labute approximate surface area is 107 Å². The zero-order valence-electron chi connectivity index (χ0n) is 11.1. The SMILES string of the molecule is CN(C)CCN(CC(=O)O)C(=O)CC1CCCO1. The van der Waals surface area contributed by atoms with Crippen LogP contribution in [0.15, 0.2) is 0 Å². The fourth-order valence-electron chi connectivity index (χ4n) is 1.91. The number of rotatable bonds is 7. The number of ether oxygens (including phenoxy) is 1. The molecule has 1 aliphatic heterocycles.